The van der Waals surface area contributed by atoms with Crippen LogP contribution in [0.5, 0.6) is 0 Å². The van der Waals surface area contributed by atoms with E-state index in [2.05, 4.69) is 6.07 Å². The second-order valence-corrected chi connectivity index (χ2v) is 4.27. The minimum Gasteiger partial charge on any atom is -0.206 e. The first kappa shape index (κ1) is 10.2. The molecule has 2 aromatic carbocycles. The Hall–Kier alpha value is -1.28. The monoisotopic (exact) mass is 217 g/mol. The van der Waals surface area contributed by atoms with Gasteiger partial charge in [-0.05, 0) is 30.7 Å². The van der Waals surface area contributed by atoms with Crippen LogP contribution in [0.3, 0.4) is 0 Å². The lowest BCUT2D eigenvalue weighted by molar-refractivity contribution is 0.599. The average Bonchev–Trinajstić information content (AvgIpc) is 2.25. The number of rotatable bonds is 2. The van der Waals surface area contributed by atoms with E-state index >= 15 is 0 Å². The summed E-state index contributed by atoms with van der Waals surface area (Å²) in [6.45, 7) is 1.91. The van der Waals surface area contributed by atoms with Crippen LogP contribution in [0, 0.1) is 18.8 Å². The minimum atomic E-state index is -0.169. The highest BCUT2D eigenvalue weighted by Gasteiger charge is 2.06. The summed E-state index contributed by atoms with van der Waals surface area (Å²) in [5.74, 6) is -0.169. The molecule has 0 aliphatic heterocycles. The Morgan fingerprint density at radius 1 is 1.13 bits per heavy atom. The highest BCUT2D eigenvalue weighted by Crippen LogP contribution is 2.31. The van der Waals surface area contributed by atoms with Crippen molar-refractivity contribution in [2.75, 3.05) is 0 Å². The summed E-state index contributed by atoms with van der Waals surface area (Å²) >= 11 is 1.41. The molecule has 2 aromatic rings. The Labute approximate surface area is 93.1 Å². The Balaban J connectivity index is 2.32. The molecule has 15 heavy (non-hydrogen) atoms. The number of halogens is 1. The van der Waals surface area contributed by atoms with E-state index in [1.54, 1.807) is 6.07 Å². The van der Waals surface area contributed by atoms with Crippen molar-refractivity contribution in [2.24, 2.45) is 0 Å². The summed E-state index contributed by atoms with van der Waals surface area (Å²) in [7, 11) is 0. The van der Waals surface area contributed by atoms with Crippen LogP contribution in [0.15, 0.2) is 52.3 Å². The van der Waals surface area contributed by atoms with Crippen molar-refractivity contribution in [3.63, 3.8) is 0 Å². The smallest absolute Gasteiger partial charge is 0.137 e. The minimum absolute atomic E-state index is 0.169. The van der Waals surface area contributed by atoms with Gasteiger partial charge in [0.2, 0.25) is 0 Å². The number of hydrogen-bond acceptors (Lipinski definition) is 1. The van der Waals surface area contributed by atoms with Crippen molar-refractivity contribution in [3.05, 3.63) is 59.9 Å². The SMILES string of the molecule is Cc1cccc(F)c1Sc1[c]cccc1. The predicted molar refractivity (Wildman–Crippen MR) is 60.5 cm³/mol. The predicted octanol–water partition coefficient (Wildman–Crippen LogP) is 4.09. The van der Waals surface area contributed by atoms with E-state index in [-0.39, 0.29) is 5.82 Å². The van der Waals surface area contributed by atoms with Gasteiger partial charge < -0.3 is 0 Å². The maximum Gasteiger partial charge on any atom is 0.137 e. The van der Waals surface area contributed by atoms with Gasteiger partial charge in [0.25, 0.3) is 0 Å². The molecule has 0 aliphatic rings. The van der Waals surface area contributed by atoms with Gasteiger partial charge in [-0.1, -0.05) is 42.1 Å². The third kappa shape index (κ3) is 2.39. The lowest BCUT2D eigenvalue weighted by atomic mass is 10.2. The second kappa shape index (κ2) is 4.49. The largest absolute Gasteiger partial charge is 0.206 e. The summed E-state index contributed by atoms with van der Waals surface area (Å²) < 4.78 is 13.5. The van der Waals surface area contributed by atoms with Crippen LogP contribution in [-0.4, -0.2) is 0 Å². The summed E-state index contributed by atoms with van der Waals surface area (Å²) in [5, 5.41) is 0. The van der Waals surface area contributed by atoms with Crippen LogP contribution in [0.2, 0.25) is 0 Å². The molecule has 0 saturated carbocycles. The zero-order valence-corrected chi connectivity index (χ0v) is 9.14. The quantitative estimate of drug-likeness (QED) is 0.730. The highest BCUT2D eigenvalue weighted by atomic mass is 32.2. The molecule has 2 rings (SSSR count). The molecule has 0 aromatic heterocycles. The van der Waals surface area contributed by atoms with Gasteiger partial charge in [-0.3, -0.25) is 0 Å². The molecule has 0 saturated heterocycles. The molecule has 75 valence electrons. The maximum absolute atomic E-state index is 13.5. The van der Waals surface area contributed by atoms with Gasteiger partial charge in [-0.2, -0.15) is 0 Å². The van der Waals surface area contributed by atoms with Gasteiger partial charge in [0, 0.05) is 4.90 Å². The molecule has 0 heterocycles. The topological polar surface area (TPSA) is 0 Å². The van der Waals surface area contributed by atoms with Gasteiger partial charge in [0.15, 0.2) is 0 Å². The van der Waals surface area contributed by atoms with E-state index in [0.717, 1.165) is 10.5 Å². The molecular formula is C13H10FS. The fraction of sp³-hybridized carbons (Fsp3) is 0.0769. The molecule has 0 N–H and O–H groups in total. The first-order valence-corrected chi connectivity index (χ1v) is 5.49. The molecule has 0 spiro atoms. The van der Waals surface area contributed by atoms with E-state index < -0.39 is 0 Å². The molecule has 0 atom stereocenters. The van der Waals surface area contributed by atoms with E-state index in [1.807, 2.05) is 37.3 Å². The lowest BCUT2D eigenvalue weighted by Crippen LogP contribution is -1.85. The fourth-order valence-corrected chi connectivity index (χ4v) is 2.18. The Bertz CT molecular complexity index is 431. The molecule has 2 heteroatoms. The number of benzene rings is 2. The molecule has 0 unspecified atom stereocenters. The highest BCUT2D eigenvalue weighted by molar-refractivity contribution is 7.99. The molecule has 0 nitrogen and oxygen atoms in total. The summed E-state index contributed by atoms with van der Waals surface area (Å²) in [6.07, 6.45) is 0. The molecular weight excluding hydrogens is 207 g/mol. The zero-order chi connectivity index (χ0) is 10.7. The van der Waals surface area contributed by atoms with Crippen molar-refractivity contribution >= 4 is 11.8 Å². The third-order valence-corrected chi connectivity index (χ3v) is 3.25. The van der Waals surface area contributed by atoms with Crippen molar-refractivity contribution in [2.45, 2.75) is 16.7 Å². The van der Waals surface area contributed by atoms with Crippen LogP contribution in [0.4, 0.5) is 4.39 Å². The molecule has 0 bridgehead atoms. The van der Waals surface area contributed by atoms with E-state index in [0.29, 0.717) is 4.90 Å². The van der Waals surface area contributed by atoms with Gasteiger partial charge in [0.05, 0.1) is 4.90 Å². The van der Waals surface area contributed by atoms with E-state index in [9.17, 15) is 4.39 Å². The van der Waals surface area contributed by atoms with E-state index in [4.69, 9.17) is 0 Å². The van der Waals surface area contributed by atoms with Crippen molar-refractivity contribution in [1.29, 1.82) is 0 Å². The summed E-state index contributed by atoms with van der Waals surface area (Å²) in [5.41, 5.74) is 0.956. The van der Waals surface area contributed by atoms with Crippen molar-refractivity contribution in [1.82, 2.24) is 0 Å². The van der Waals surface area contributed by atoms with Crippen LogP contribution in [-0.2, 0) is 0 Å². The number of aryl methyl sites for hydroxylation is 1. The normalized spacial score (nSPS) is 10.3. The van der Waals surface area contributed by atoms with Crippen LogP contribution >= 0.6 is 11.8 Å². The molecule has 0 amide bonds. The second-order valence-electron chi connectivity index (χ2n) is 3.21. The van der Waals surface area contributed by atoms with Gasteiger partial charge in [-0.15, -0.1) is 0 Å². The summed E-state index contributed by atoms with van der Waals surface area (Å²) in [6, 6.07) is 15.8. The van der Waals surface area contributed by atoms with Gasteiger partial charge in [0.1, 0.15) is 5.82 Å². The molecule has 0 fully saturated rings. The molecule has 1 radical (unpaired) electrons. The fourth-order valence-electron chi connectivity index (χ4n) is 1.30. The maximum atomic E-state index is 13.5. The average molecular weight is 217 g/mol. The van der Waals surface area contributed by atoms with Crippen LogP contribution in [0.1, 0.15) is 5.56 Å². The molecule has 0 aliphatic carbocycles. The van der Waals surface area contributed by atoms with E-state index in [1.165, 1.54) is 17.8 Å². The standard InChI is InChI=1S/C13H10FS/c1-10-6-5-9-12(14)13(10)15-11-7-3-2-4-8-11/h2-7,9H,1H3. The Morgan fingerprint density at radius 2 is 2.00 bits per heavy atom. The van der Waals surface area contributed by atoms with Crippen molar-refractivity contribution < 1.29 is 4.39 Å². The summed E-state index contributed by atoms with van der Waals surface area (Å²) in [4.78, 5) is 1.62. The third-order valence-electron chi connectivity index (χ3n) is 2.06. The number of hydrogen-bond donors (Lipinski definition) is 0. The van der Waals surface area contributed by atoms with Gasteiger partial charge >= 0.3 is 0 Å². The van der Waals surface area contributed by atoms with Gasteiger partial charge in [-0.25, -0.2) is 4.39 Å². The first-order valence-electron chi connectivity index (χ1n) is 4.67. The zero-order valence-electron chi connectivity index (χ0n) is 8.33. The van der Waals surface area contributed by atoms with Crippen LogP contribution < -0.4 is 0 Å². The first-order chi connectivity index (χ1) is 7.27. The van der Waals surface area contributed by atoms with Crippen molar-refractivity contribution in [3.8, 4) is 0 Å². The Morgan fingerprint density at radius 3 is 2.67 bits per heavy atom. The van der Waals surface area contributed by atoms with Crippen LogP contribution in [0.25, 0.3) is 0 Å². The lowest BCUT2D eigenvalue weighted by Gasteiger charge is -2.05. The Kier molecular flexibility index (Phi) is 3.07.